The number of hydrogen-bond donors (Lipinski definition) is 1. The van der Waals surface area contributed by atoms with E-state index in [9.17, 15) is 0 Å². The van der Waals surface area contributed by atoms with E-state index in [1.807, 2.05) is 17.9 Å². The lowest BCUT2D eigenvalue weighted by molar-refractivity contribution is 0.575. The fourth-order valence-electron chi connectivity index (χ4n) is 2.24. The van der Waals surface area contributed by atoms with Crippen LogP contribution < -0.4 is 5.32 Å². The van der Waals surface area contributed by atoms with Crippen molar-refractivity contribution in [3.63, 3.8) is 0 Å². The molecule has 2 heterocycles. The Labute approximate surface area is 109 Å². The van der Waals surface area contributed by atoms with E-state index >= 15 is 0 Å². The molecule has 0 aliphatic rings. The maximum Gasteiger partial charge on any atom is 0.0539 e. The van der Waals surface area contributed by atoms with Gasteiger partial charge in [0.05, 0.1) is 12.7 Å². The summed E-state index contributed by atoms with van der Waals surface area (Å²) in [5.74, 6) is 0. The van der Waals surface area contributed by atoms with E-state index in [0.717, 1.165) is 19.5 Å². The van der Waals surface area contributed by atoms with E-state index in [4.69, 9.17) is 0 Å². The number of aryl methyl sites for hydroxylation is 1. The van der Waals surface area contributed by atoms with Crippen LogP contribution in [0.4, 0.5) is 0 Å². The highest BCUT2D eigenvalue weighted by molar-refractivity contribution is 5.17. The van der Waals surface area contributed by atoms with Gasteiger partial charge in [-0.3, -0.25) is 4.68 Å². The first-order valence-electron chi connectivity index (χ1n) is 6.61. The zero-order chi connectivity index (χ0) is 13.0. The van der Waals surface area contributed by atoms with Crippen LogP contribution in [0.15, 0.2) is 30.9 Å². The standard InChI is InChI=1S/C14H22N4/c1-4-14(15-3)13-6-7-17(11-13)9-12-8-16-18(5-2)10-12/h6-8,10-11,14-15H,4-5,9H2,1-3H3. The van der Waals surface area contributed by atoms with Gasteiger partial charge < -0.3 is 9.88 Å². The molecule has 0 fully saturated rings. The Kier molecular flexibility index (Phi) is 4.20. The average molecular weight is 246 g/mol. The summed E-state index contributed by atoms with van der Waals surface area (Å²) >= 11 is 0. The minimum absolute atomic E-state index is 0.449. The molecule has 2 rings (SSSR count). The van der Waals surface area contributed by atoms with E-state index in [1.165, 1.54) is 11.1 Å². The molecular formula is C14H22N4. The first kappa shape index (κ1) is 12.9. The second-order valence-electron chi connectivity index (χ2n) is 4.57. The number of nitrogens with one attached hydrogen (secondary N) is 1. The molecule has 0 spiro atoms. The number of aromatic nitrogens is 3. The predicted molar refractivity (Wildman–Crippen MR) is 73.5 cm³/mol. The molecule has 0 aliphatic carbocycles. The molecule has 2 aromatic rings. The van der Waals surface area contributed by atoms with Crippen LogP contribution in [0.25, 0.3) is 0 Å². The molecule has 98 valence electrons. The fraction of sp³-hybridized carbons (Fsp3) is 0.500. The Morgan fingerprint density at radius 1 is 1.33 bits per heavy atom. The van der Waals surface area contributed by atoms with E-state index in [0.29, 0.717) is 6.04 Å². The van der Waals surface area contributed by atoms with Crippen LogP contribution in [0.3, 0.4) is 0 Å². The van der Waals surface area contributed by atoms with Gasteiger partial charge in [0.15, 0.2) is 0 Å². The zero-order valence-corrected chi connectivity index (χ0v) is 11.4. The predicted octanol–water partition coefficient (Wildman–Crippen LogP) is 2.42. The first-order valence-corrected chi connectivity index (χ1v) is 6.61. The van der Waals surface area contributed by atoms with Crippen LogP contribution in [0.2, 0.25) is 0 Å². The summed E-state index contributed by atoms with van der Waals surface area (Å²) in [6.45, 7) is 6.11. The third-order valence-corrected chi connectivity index (χ3v) is 3.31. The summed E-state index contributed by atoms with van der Waals surface area (Å²) in [5, 5.41) is 7.62. The Bertz CT molecular complexity index is 479. The summed E-state index contributed by atoms with van der Waals surface area (Å²) in [5.41, 5.74) is 2.60. The van der Waals surface area contributed by atoms with Crippen LogP contribution in [-0.2, 0) is 13.1 Å². The first-order chi connectivity index (χ1) is 8.76. The van der Waals surface area contributed by atoms with Crippen molar-refractivity contribution in [3.8, 4) is 0 Å². The maximum atomic E-state index is 4.30. The third kappa shape index (κ3) is 2.82. The Hall–Kier alpha value is -1.55. The molecule has 2 aromatic heterocycles. The van der Waals surface area contributed by atoms with E-state index < -0.39 is 0 Å². The molecule has 4 nitrogen and oxygen atoms in total. The number of nitrogens with zero attached hydrogens (tertiary/aromatic N) is 3. The monoisotopic (exact) mass is 246 g/mol. The molecule has 1 unspecified atom stereocenters. The van der Waals surface area contributed by atoms with Crippen molar-refractivity contribution in [3.05, 3.63) is 42.0 Å². The molecule has 0 aromatic carbocycles. The average Bonchev–Trinajstić information content (AvgIpc) is 3.01. The summed E-state index contributed by atoms with van der Waals surface area (Å²) in [7, 11) is 2.01. The van der Waals surface area contributed by atoms with Gasteiger partial charge in [0.25, 0.3) is 0 Å². The van der Waals surface area contributed by atoms with Crippen molar-refractivity contribution in [2.75, 3.05) is 7.05 Å². The van der Waals surface area contributed by atoms with Crippen molar-refractivity contribution in [1.29, 1.82) is 0 Å². The lowest BCUT2D eigenvalue weighted by atomic mass is 10.1. The highest BCUT2D eigenvalue weighted by Gasteiger charge is 2.08. The van der Waals surface area contributed by atoms with Crippen LogP contribution in [0.5, 0.6) is 0 Å². The number of hydrogen-bond acceptors (Lipinski definition) is 2. The van der Waals surface area contributed by atoms with Gasteiger partial charge in [-0.25, -0.2) is 0 Å². The van der Waals surface area contributed by atoms with E-state index in [1.54, 1.807) is 0 Å². The zero-order valence-electron chi connectivity index (χ0n) is 11.4. The molecular weight excluding hydrogens is 224 g/mol. The molecule has 0 radical (unpaired) electrons. The second kappa shape index (κ2) is 5.87. The lowest BCUT2D eigenvalue weighted by Gasteiger charge is -2.11. The van der Waals surface area contributed by atoms with Crippen LogP contribution >= 0.6 is 0 Å². The van der Waals surface area contributed by atoms with Gasteiger partial charge >= 0.3 is 0 Å². The summed E-state index contributed by atoms with van der Waals surface area (Å²) in [6.07, 6.45) is 9.51. The molecule has 0 bridgehead atoms. The van der Waals surface area contributed by atoms with Crippen molar-refractivity contribution < 1.29 is 0 Å². The quantitative estimate of drug-likeness (QED) is 0.849. The smallest absolute Gasteiger partial charge is 0.0539 e. The van der Waals surface area contributed by atoms with Crippen molar-refractivity contribution in [2.24, 2.45) is 0 Å². The minimum Gasteiger partial charge on any atom is -0.349 e. The summed E-state index contributed by atoms with van der Waals surface area (Å²) in [4.78, 5) is 0. The Morgan fingerprint density at radius 2 is 2.17 bits per heavy atom. The highest BCUT2D eigenvalue weighted by Crippen LogP contribution is 2.16. The highest BCUT2D eigenvalue weighted by atomic mass is 15.3. The SMILES string of the molecule is CCC(NC)c1ccn(Cc2cnn(CC)c2)c1. The topological polar surface area (TPSA) is 34.8 Å². The molecule has 0 saturated heterocycles. The molecule has 4 heteroatoms. The molecule has 0 saturated carbocycles. The van der Waals surface area contributed by atoms with Gasteiger partial charge in [-0.15, -0.1) is 0 Å². The summed E-state index contributed by atoms with van der Waals surface area (Å²) < 4.78 is 4.18. The van der Waals surface area contributed by atoms with Gasteiger partial charge in [0, 0.05) is 36.7 Å². The second-order valence-corrected chi connectivity index (χ2v) is 4.57. The van der Waals surface area contributed by atoms with Gasteiger partial charge in [0.1, 0.15) is 0 Å². The Morgan fingerprint density at radius 3 is 2.78 bits per heavy atom. The van der Waals surface area contributed by atoms with Gasteiger partial charge in [-0.1, -0.05) is 6.92 Å². The van der Waals surface area contributed by atoms with E-state index in [-0.39, 0.29) is 0 Å². The van der Waals surface area contributed by atoms with Crippen molar-refractivity contribution in [1.82, 2.24) is 19.7 Å². The maximum absolute atomic E-state index is 4.30. The third-order valence-electron chi connectivity index (χ3n) is 3.31. The Balaban J connectivity index is 2.06. The van der Waals surface area contributed by atoms with Crippen molar-refractivity contribution >= 4 is 0 Å². The largest absolute Gasteiger partial charge is 0.349 e. The van der Waals surface area contributed by atoms with Crippen LogP contribution in [0.1, 0.15) is 37.4 Å². The van der Waals surface area contributed by atoms with Crippen molar-refractivity contribution in [2.45, 2.75) is 39.4 Å². The minimum atomic E-state index is 0.449. The van der Waals surface area contributed by atoms with Crippen LogP contribution in [-0.4, -0.2) is 21.4 Å². The molecule has 1 atom stereocenters. The molecule has 18 heavy (non-hydrogen) atoms. The molecule has 0 aliphatic heterocycles. The van der Waals surface area contributed by atoms with Gasteiger partial charge in [-0.2, -0.15) is 5.10 Å². The summed E-state index contributed by atoms with van der Waals surface area (Å²) in [6, 6.07) is 2.64. The normalized spacial score (nSPS) is 12.8. The van der Waals surface area contributed by atoms with E-state index in [2.05, 4.69) is 53.5 Å². The molecule has 0 amide bonds. The van der Waals surface area contributed by atoms with Gasteiger partial charge in [0.2, 0.25) is 0 Å². The van der Waals surface area contributed by atoms with Crippen LogP contribution in [0, 0.1) is 0 Å². The fourth-order valence-corrected chi connectivity index (χ4v) is 2.24. The number of rotatable bonds is 6. The van der Waals surface area contributed by atoms with Gasteiger partial charge in [-0.05, 0) is 32.0 Å². The lowest BCUT2D eigenvalue weighted by Crippen LogP contribution is -2.14. The molecule has 1 N–H and O–H groups in total.